The van der Waals surface area contributed by atoms with Gasteiger partial charge in [-0.3, -0.25) is 14.6 Å². The molecule has 0 aliphatic rings. The Morgan fingerprint density at radius 1 is 0.793 bits per heavy atom. The maximum Gasteiger partial charge on any atom is 0.255 e. The normalized spacial score (nSPS) is 10.5. The van der Waals surface area contributed by atoms with Crippen LogP contribution >= 0.6 is 0 Å². The second-order valence-corrected chi connectivity index (χ2v) is 6.60. The van der Waals surface area contributed by atoms with Gasteiger partial charge in [0.05, 0.1) is 0 Å². The Kier molecular flexibility index (Phi) is 5.29. The zero-order valence-electron chi connectivity index (χ0n) is 15.6. The van der Waals surface area contributed by atoms with E-state index in [-0.39, 0.29) is 11.8 Å². The fourth-order valence-corrected chi connectivity index (χ4v) is 3.17. The summed E-state index contributed by atoms with van der Waals surface area (Å²) in [5.41, 5.74) is 2.75. The van der Waals surface area contributed by atoms with Crippen LogP contribution in [0.4, 0.5) is 5.69 Å². The number of carbonyl (C=O) groups is 2. The first-order valence-corrected chi connectivity index (χ1v) is 9.27. The Labute approximate surface area is 168 Å². The van der Waals surface area contributed by atoms with Gasteiger partial charge in [0.25, 0.3) is 11.8 Å². The number of nitrogens with one attached hydrogen (secondary N) is 2. The summed E-state index contributed by atoms with van der Waals surface area (Å²) in [7, 11) is 0. The lowest BCUT2D eigenvalue weighted by molar-refractivity contribution is 0.0951. The lowest BCUT2D eigenvalue weighted by atomic mass is 10.0. The first-order chi connectivity index (χ1) is 14.2. The highest BCUT2D eigenvalue weighted by molar-refractivity contribution is 6.07. The molecule has 142 valence electrons. The number of anilines is 1. The molecule has 5 heteroatoms. The highest BCUT2D eigenvalue weighted by Gasteiger charge is 2.10. The fourth-order valence-electron chi connectivity index (χ4n) is 3.17. The Hall–Kier alpha value is -3.99. The molecule has 1 aromatic heterocycles. The molecule has 2 amide bonds. The predicted molar refractivity (Wildman–Crippen MR) is 114 cm³/mol. The van der Waals surface area contributed by atoms with Crippen LogP contribution < -0.4 is 10.6 Å². The molecule has 0 atom stereocenters. The van der Waals surface area contributed by atoms with Gasteiger partial charge in [-0.05, 0) is 46.7 Å². The van der Waals surface area contributed by atoms with Gasteiger partial charge in [-0.1, -0.05) is 48.5 Å². The van der Waals surface area contributed by atoms with Crippen LogP contribution in [-0.2, 0) is 6.54 Å². The van der Waals surface area contributed by atoms with Gasteiger partial charge in [0.15, 0.2) is 0 Å². The van der Waals surface area contributed by atoms with E-state index in [0.29, 0.717) is 23.4 Å². The average molecular weight is 381 g/mol. The minimum atomic E-state index is -0.204. The van der Waals surface area contributed by atoms with Gasteiger partial charge in [-0.25, -0.2) is 0 Å². The Balaban J connectivity index is 1.44. The van der Waals surface area contributed by atoms with Crippen molar-refractivity contribution in [2.45, 2.75) is 6.54 Å². The van der Waals surface area contributed by atoms with Crippen molar-refractivity contribution in [1.29, 1.82) is 0 Å². The van der Waals surface area contributed by atoms with Gasteiger partial charge in [-0.15, -0.1) is 0 Å². The molecule has 4 aromatic rings. The van der Waals surface area contributed by atoms with E-state index < -0.39 is 0 Å². The maximum atomic E-state index is 12.7. The first-order valence-electron chi connectivity index (χ1n) is 9.27. The quantitative estimate of drug-likeness (QED) is 0.538. The van der Waals surface area contributed by atoms with Gasteiger partial charge >= 0.3 is 0 Å². The molecule has 0 spiro atoms. The van der Waals surface area contributed by atoms with Crippen LogP contribution in [0.3, 0.4) is 0 Å². The number of nitrogens with zero attached hydrogens (tertiary/aromatic N) is 1. The van der Waals surface area contributed by atoms with Crippen molar-refractivity contribution < 1.29 is 9.59 Å². The largest absolute Gasteiger partial charge is 0.348 e. The molecule has 0 unspecified atom stereocenters. The van der Waals surface area contributed by atoms with Crippen molar-refractivity contribution in [3.05, 3.63) is 108 Å². The Bertz CT molecular complexity index is 1170. The number of aromatic nitrogens is 1. The summed E-state index contributed by atoms with van der Waals surface area (Å²) >= 11 is 0. The predicted octanol–water partition coefficient (Wildman–Crippen LogP) is 4.42. The van der Waals surface area contributed by atoms with Crippen LogP contribution in [0.1, 0.15) is 26.3 Å². The van der Waals surface area contributed by atoms with E-state index in [9.17, 15) is 9.59 Å². The molecule has 0 saturated heterocycles. The molecule has 0 bridgehead atoms. The molecular formula is C24H19N3O2. The number of fused-ring (bicyclic) bond motifs is 1. The Morgan fingerprint density at radius 2 is 1.55 bits per heavy atom. The molecule has 29 heavy (non-hydrogen) atoms. The minimum absolute atomic E-state index is 0.131. The van der Waals surface area contributed by atoms with Gasteiger partial charge in [-0.2, -0.15) is 0 Å². The van der Waals surface area contributed by atoms with Crippen LogP contribution in [0, 0.1) is 0 Å². The van der Waals surface area contributed by atoms with Crippen LogP contribution in [0.25, 0.3) is 10.8 Å². The third-order valence-electron chi connectivity index (χ3n) is 4.61. The van der Waals surface area contributed by atoms with Crippen LogP contribution in [0.2, 0.25) is 0 Å². The SMILES string of the molecule is O=C(Nc1cccc(CNC(=O)c2cccc3ccccc23)c1)c1ccncc1. The fraction of sp³-hybridized carbons (Fsp3) is 0.0417. The standard InChI is InChI=1S/C24H19N3O2/c28-23(19-11-13-25-14-12-19)27-20-8-3-5-17(15-20)16-26-24(29)22-10-4-7-18-6-1-2-9-21(18)22/h1-15H,16H2,(H,26,29)(H,27,28). The molecule has 4 rings (SSSR count). The molecule has 0 saturated carbocycles. The van der Waals surface area contributed by atoms with Crippen molar-refractivity contribution in [1.82, 2.24) is 10.3 Å². The minimum Gasteiger partial charge on any atom is -0.348 e. The molecule has 3 aromatic carbocycles. The first kappa shape index (κ1) is 18.4. The van der Waals surface area contributed by atoms with Gasteiger partial charge in [0, 0.05) is 35.8 Å². The highest BCUT2D eigenvalue weighted by Crippen LogP contribution is 2.19. The van der Waals surface area contributed by atoms with Crippen molar-refractivity contribution in [2.75, 3.05) is 5.32 Å². The summed E-state index contributed by atoms with van der Waals surface area (Å²) in [6.07, 6.45) is 3.16. The molecule has 0 aliphatic heterocycles. The van der Waals surface area contributed by atoms with Gasteiger partial charge < -0.3 is 10.6 Å². The zero-order chi connectivity index (χ0) is 20.1. The van der Waals surface area contributed by atoms with Crippen LogP contribution in [-0.4, -0.2) is 16.8 Å². The van der Waals surface area contributed by atoms with E-state index in [1.54, 1.807) is 24.5 Å². The van der Waals surface area contributed by atoms with Crippen molar-refractivity contribution in [2.24, 2.45) is 0 Å². The summed E-state index contributed by atoms with van der Waals surface area (Å²) < 4.78 is 0. The third-order valence-corrected chi connectivity index (χ3v) is 4.61. The number of benzene rings is 3. The summed E-state index contributed by atoms with van der Waals surface area (Å²) in [6, 6.07) is 24.2. The molecular weight excluding hydrogens is 362 g/mol. The second kappa shape index (κ2) is 8.35. The van der Waals surface area contributed by atoms with E-state index in [1.165, 1.54) is 0 Å². The van der Waals surface area contributed by atoms with Gasteiger partial charge in [0.2, 0.25) is 0 Å². The topological polar surface area (TPSA) is 71.1 Å². The van der Waals surface area contributed by atoms with E-state index in [2.05, 4.69) is 15.6 Å². The molecule has 0 aliphatic carbocycles. The van der Waals surface area contributed by atoms with E-state index in [0.717, 1.165) is 16.3 Å². The Morgan fingerprint density at radius 3 is 2.41 bits per heavy atom. The maximum absolute atomic E-state index is 12.7. The number of hydrogen-bond donors (Lipinski definition) is 2. The highest BCUT2D eigenvalue weighted by atomic mass is 16.2. The molecule has 2 N–H and O–H groups in total. The summed E-state index contributed by atoms with van der Waals surface area (Å²) in [4.78, 5) is 28.9. The smallest absolute Gasteiger partial charge is 0.255 e. The van der Waals surface area contributed by atoms with Crippen molar-refractivity contribution >= 4 is 28.3 Å². The molecule has 0 radical (unpaired) electrons. The monoisotopic (exact) mass is 381 g/mol. The molecule has 5 nitrogen and oxygen atoms in total. The number of carbonyl (C=O) groups excluding carboxylic acids is 2. The number of rotatable bonds is 5. The number of amides is 2. The lowest BCUT2D eigenvalue weighted by Crippen LogP contribution is -2.23. The zero-order valence-corrected chi connectivity index (χ0v) is 15.6. The summed E-state index contributed by atoms with van der Waals surface area (Å²) in [5, 5.41) is 7.77. The van der Waals surface area contributed by atoms with Gasteiger partial charge in [0.1, 0.15) is 0 Å². The lowest BCUT2D eigenvalue weighted by Gasteiger charge is -2.10. The van der Waals surface area contributed by atoms with Crippen molar-refractivity contribution in [3.63, 3.8) is 0 Å². The van der Waals surface area contributed by atoms with Crippen LogP contribution in [0.15, 0.2) is 91.3 Å². The summed E-state index contributed by atoms with van der Waals surface area (Å²) in [6.45, 7) is 0.362. The average Bonchev–Trinajstić information content (AvgIpc) is 2.78. The van der Waals surface area contributed by atoms with Crippen molar-refractivity contribution in [3.8, 4) is 0 Å². The van der Waals surface area contributed by atoms with E-state index >= 15 is 0 Å². The van der Waals surface area contributed by atoms with Crippen LogP contribution in [0.5, 0.6) is 0 Å². The third kappa shape index (κ3) is 4.30. The number of pyridine rings is 1. The second-order valence-electron chi connectivity index (χ2n) is 6.60. The summed E-state index contributed by atoms with van der Waals surface area (Å²) in [5.74, 6) is -0.336. The van der Waals surface area contributed by atoms with E-state index in [4.69, 9.17) is 0 Å². The molecule has 0 fully saturated rings. The molecule has 1 heterocycles. The number of hydrogen-bond acceptors (Lipinski definition) is 3. The van der Waals surface area contributed by atoms with E-state index in [1.807, 2.05) is 66.7 Å².